The van der Waals surface area contributed by atoms with Crippen LogP contribution in [0.4, 0.5) is 0 Å². The third kappa shape index (κ3) is 3.76. The third-order valence-electron chi connectivity index (χ3n) is 2.40. The molecule has 2 atom stereocenters. The van der Waals surface area contributed by atoms with E-state index < -0.39 is 0 Å². The monoisotopic (exact) mass is 247 g/mol. The maximum atomic E-state index is 6.11. The predicted octanol–water partition coefficient (Wildman–Crippen LogP) is 3.33. The smallest absolute Gasteiger partial charge is 0.0561 e. The molecule has 2 unspecified atom stereocenters. The lowest BCUT2D eigenvalue weighted by molar-refractivity contribution is 0.150. The molecule has 1 aromatic rings. The molecule has 1 rings (SSSR count). The second kappa shape index (κ2) is 6.48. The van der Waals surface area contributed by atoms with Crippen LogP contribution in [-0.4, -0.2) is 20.8 Å². The van der Waals surface area contributed by atoms with Gasteiger partial charge in [-0.2, -0.15) is 0 Å². The number of halogens is 1. The summed E-state index contributed by atoms with van der Waals surface area (Å²) in [4.78, 5) is 1.22. The highest BCUT2D eigenvalue weighted by Crippen LogP contribution is 2.32. The van der Waals surface area contributed by atoms with Gasteiger partial charge in [0.25, 0.3) is 0 Å². The molecule has 0 saturated heterocycles. The zero-order valence-electron chi connectivity index (χ0n) is 9.42. The summed E-state index contributed by atoms with van der Waals surface area (Å²) in [5.74, 6) is 0.533. The number of nitrogens with one attached hydrogen (secondary N) is 1. The molecule has 0 radical (unpaired) electrons. The SMILES string of the molecule is CNC(CC(C)COC)c1sccc1Cl. The number of methoxy groups -OCH3 is 1. The lowest BCUT2D eigenvalue weighted by atomic mass is 10.0. The van der Waals surface area contributed by atoms with Gasteiger partial charge >= 0.3 is 0 Å². The average Bonchev–Trinajstić information content (AvgIpc) is 2.61. The molecule has 0 spiro atoms. The summed E-state index contributed by atoms with van der Waals surface area (Å²) in [6, 6.07) is 2.29. The Morgan fingerprint density at radius 3 is 2.80 bits per heavy atom. The first-order valence-corrected chi connectivity index (χ1v) is 6.33. The summed E-state index contributed by atoms with van der Waals surface area (Å²) in [5, 5.41) is 6.20. The second-order valence-electron chi connectivity index (χ2n) is 3.77. The molecule has 1 N–H and O–H groups in total. The Morgan fingerprint density at radius 1 is 1.60 bits per heavy atom. The van der Waals surface area contributed by atoms with Crippen LogP contribution in [0, 0.1) is 5.92 Å². The molecule has 2 nitrogen and oxygen atoms in total. The van der Waals surface area contributed by atoms with Crippen LogP contribution in [0.25, 0.3) is 0 Å². The largest absolute Gasteiger partial charge is 0.384 e. The Bertz CT molecular complexity index is 290. The highest BCUT2D eigenvalue weighted by Gasteiger charge is 2.17. The molecule has 0 aromatic carbocycles. The minimum Gasteiger partial charge on any atom is -0.384 e. The van der Waals surface area contributed by atoms with E-state index in [-0.39, 0.29) is 0 Å². The standard InChI is InChI=1S/C11H18ClNOS/c1-8(7-14-3)6-10(13-2)11-9(12)4-5-15-11/h4-5,8,10,13H,6-7H2,1-3H3. The van der Waals surface area contributed by atoms with E-state index in [2.05, 4.69) is 12.2 Å². The van der Waals surface area contributed by atoms with Gasteiger partial charge in [-0.1, -0.05) is 18.5 Å². The van der Waals surface area contributed by atoms with Crippen molar-refractivity contribution in [1.29, 1.82) is 0 Å². The van der Waals surface area contributed by atoms with Gasteiger partial charge in [0.1, 0.15) is 0 Å². The fourth-order valence-corrected chi connectivity index (χ4v) is 2.98. The summed E-state index contributed by atoms with van der Waals surface area (Å²) in [6.07, 6.45) is 1.05. The highest BCUT2D eigenvalue weighted by molar-refractivity contribution is 7.10. The van der Waals surface area contributed by atoms with Crippen molar-refractivity contribution in [2.75, 3.05) is 20.8 Å². The van der Waals surface area contributed by atoms with Crippen molar-refractivity contribution in [3.63, 3.8) is 0 Å². The average molecular weight is 248 g/mol. The molecule has 15 heavy (non-hydrogen) atoms. The number of rotatable bonds is 6. The molecular weight excluding hydrogens is 230 g/mol. The van der Waals surface area contributed by atoms with Gasteiger partial charge in [0.05, 0.1) is 5.02 Å². The maximum Gasteiger partial charge on any atom is 0.0561 e. The first kappa shape index (κ1) is 13.0. The van der Waals surface area contributed by atoms with Crippen molar-refractivity contribution in [2.45, 2.75) is 19.4 Å². The lowest BCUT2D eigenvalue weighted by Gasteiger charge is -2.19. The normalized spacial score (nSPS) is 15.2. The molecule has 0 aliphatic rings. The van der Waals surface area contributed by atoms with Crippen LogP contribution < -0.4 is 5.32 Å². The van der Waals surface area contributed by atoms with Crippen LogP contribution >= 0.6 is 22.9 Å². The molecule has 1 aromatic heterocycles. The predicted molar refractivity (Wildman–Crippen MR) is 66.8 cm³/mol. The number of ether oxygens (including phenoxy) is 1. The van der Waals surface area contributed by atoms with Gasteiger partial charge in [-0.25, -0.2) is 0 Å². The van der Waals surface area contributed by atoms with Crippen LogP contribution in [-0.2, 0) is 4.74 Å². The molecule has 0 fully saturated rings. The van der Waals surface area contributed by atoms with E-state index in [0.29, 0.717) is 12.0 Å². The van der Waals surface area contributed by atoms with Crippen LogP contribution in [0.1, 0.15) is 24.3 Å². The number of hydrogen-bond acceptors (Lipinski definition) is 3. The zero-order valence-corrected chi connectivity index (χ0v) is 11.0. The first-order valence-electron chi connectivity index (χ1n) is 5.08. The van der Waals surface area contributed by atoms with E-state index in [1.807, 2.05) is 18.5 Å². The molecule has 0 aliphatic carbocycles. The Morgan fingerprint density at radius 2 is 2.33 bits per heavy atom. The maximum absolute atomic E-state index is 6.11. The van der Waals surface area contributed by atoms with E-state index in [9.17, 15) is 0 Å². The fourth-order valence-electron chi connectivity index (χ4n) is 1.66. The highest BCUT2D eigenvalue weighted by atomic mass is 35.5. The molecule has 0 aliphatic heterocycles. The number of thiophene rings is 1. The van der Waals surface area contributed by atoms with Crippen molar-refractivity contribution < 1.29 is 4.74 Å². The molecule has 0 bridgehead atoms. The summed E-state index contributed by atoms with van der Waals surface area (Å²) in [6.45, 7) is 2.98. The molecule has 4 heteroatoms. The van der Waals surface area contributed by atoms with E-state index in [4.69, 9.17) is 16.3 Å². The van der Waals surface area contributed by atoms with Gasteiger partial charge < -0.3 is 10.1 Å². The van der Waals surface area contributed by atoms with Crippen LogP contribution in [0.3, 0.4) is 0 Å². The van der Waals surface area contributed by atoms with Gasteiger partial charge in [-0.05, 0) is 30.8 Å². The summed E-state index contributed by atoms with van der Waals surface area (Å²) in [7, 11) is 3.71. The van der Waals surface area contributed by atoms with Crippen LogP contribution in [0.5, 0.6) is 0 Å². The van der Waals surface area contributed by atoms with E-state index in [1.165, 1.54) is 4.88 Å². The zero-order chi connectivity index (χ0) is 11.3. The van der Waals surface area contributed by atoms with Gasteiger partial charge in [0, 0.05) is 24.6 Å². The van der Waals surface area contributed by atoms with Gasteiger partial charge in [0.2, 0.25) is 0 Å². The minimum absolute atomic E-state index is 0.336. The quantitative estimate of drug-likeness (QED) is 0.833. The number of hydrogen-bond donors (Lipinski definition) is 1. The Hall–Kier alpha value is -0.0900. The van der Waals surface area contributed by atoms with Crippen LogP contribution in [0.2, 0.25) is 5.02 Å². The molecule has 0 amide bonds. The minimum atomic E-state index is 0.336. The second-order valence-corrected chi connectivity index (χ2v) is 5.13. The molecule has 1 heterocycles. The summed E-state index contributed by atoms with van der Waals surface area (Å²) < 4.78 is 5.14. The van der Waals surface area contributed by atoms with Crippen molar-refractivity contribution in [3.05, 3.63) is 21.3 Å². The van der Waals surface area contributed by atoms with Crippen molar-refractivity contribution in [2.24, 2.45) is 5.92 Å². The Labute approximate surface area is 101 Å². The Kier molecular flexibility index (Phi) is 5.61. The Balaban J connectivity index is 2.60. The van der Waals surface area contributed by atoms with Crippen molar-refractivity contribution >= 4 is 22.9 Å². The first-order chi connectivity index (χ1) is 7.19. The van der Waals surface area contributed by atoms with Gasteiger partial charge in [-0.3, -0.25) is 0 Å². The molecular formula is C11H18ClNOS. The molecule has 0 saturated carbocycles. The van der Waals surface area contributed by atoms with Gasteiger partial charge in [0.15, 0.2) is 0 Å². The van der Waals surface area contributed by atoms with Crippen LogP contribution in [0.15, 0.2) is 11.4 Å². The topological polar surface area (TPSA) is 21.3 Å². The van der Waals surface area contributed by atoms with Gasteiger partial charge in [-0.15, -0.1) is 11.3 Å². The van der Waals surface area contributed by atoms with E-state index >= 15 is 0 Å². The fraction of sp³-hybridized carbons (Fsp3) is 0.636. The lowest BCUT2D eigenvalue weighted by Crippen LogP contribution is -2.20. The van der Waals surface area contributed by atoms with Crippen molar-refractivity contribution in [1.82, 2.24) is 5.32 Å². The van der Waals surface area contributed by atoms with Crippen molar-refractivity contribution in [3.8, 4) is 0 Å². The summed E-state index contributed by atoms with van der Waals surface area (Å²) in [5.41, 5.74) is 0. The molecule has 86 valence electrons. The third-order valence-corrected chi connectivity index (χ3v) is 3.87. The van der Waals surface area contributed by atoms with E-state index in [1.54, 1.807) is 18.4 Å². The van der Waals surface area contributed by atoms with E-state index in [0.717, 1.165) is 18.1 Å². The summed E-state index contributed by atoms with van der Waals surface area (Å²) >= 11 is 7.82.